The normalized spacial score (nSPS) is 15.0. The fraction of sp³-hybridized carbons (Fsp3) is 0.462. The Morgan fingerprint density at radius 2 is 1.67 bits per heavy atom. The number of nitrogens with one attached hydrogen (secondary N) is 1. The maximum Gasteiger partial charge on any atom is 0.243 e. The molecule has 196 valence electrons. The van der Waals surface area contributed by atoms with Crippen LogP contribution in [0.2, 0.25) is 5.02 Å². The molecule has 2 aromatic rings. The van der Waals surface area contributed by atoms with Crippen molar-refractivity contribution in [1.29, 1.82) is 0 Å². The largest absolute Gasteiger partial charge is 0.396 e. The SMILES string of the molecule is C[C@@H](C(=O)NCCCO)N(Cc1ccc(Cl)cc1)C(=O)CCc1ccc(S(=O)(=O)N2CCCC2)cc1. The van der Waals surface area contributed by atoms with E-state index in [9.17, 15) is 18.0 Å². The summed E-state index contributed by atoms with van der Waals surface area (Å²) in [7, 11) is -3.48. The van der Waals surface area contributed by atoms with Crippen molar-refractivity contribution in [2.75, 3.05) is 26.2 Å². The third-order valence-electron chi connectivity index (χ3n) is 6.32. The highest BCUT2D eigenvalue weighted by Crippen LogP contribution is 2.22. The number of nitrogens with zero attached hydrogens (tertiary/aromatic N) is 2. The fourth-order valence-corrected chi connectivity index (χ4v) is 5.75. The highest BCUT2D eigenvalue weighted by Gasteiger charge is 2.28. The number of rotatable bonds is 12. The molecule has 0 bridgehead atoms. The zero-order valence-electron chi connectivity index (χ0n) is 20.5. The summed E-state index contributed by atoms with van der Waals surface area (Å²) < 4.78 is 27.0. The van der Waals surface area contributed by atoms with Crippen molar-refractivity contribution in [1.82, 2.24) is 14.5 Å². The first-order valence-corrected chi connectivity index (χ1v) is 14.1. The maximum absolute atomic E-state index is 13.2. The van der Waals surface area contributed by atoms with Crippen molar-refractivity contribution < 1.29 is 23.1 Å². The van der Waals surface area contributed by atoms with E-state index in [1.54, 1.807) is 43.3 Å². The fourth-order valence-electron chi connectivity index (χ4n) is 4.11. The number of aliphatic hydroxyl groups excluding tert-OH is 1. The number of sulfonamides is 1. The number of amides is 2. The number of aliphatic hydroxyl groups is 1. The Morgan fingerprint density at radius 3 is 2.28 bits per heavy atom. The van der Waals surface area contributed by atoms with Gasteiger partial charge in [-0.2, -0.15) is 4.31 Å². The standard InChI is InChI=1S/C26H34ClN3O5S/c1-20(26(33)28-15-4-18-31)30(19-22-5-10-23(27)11-6-22)25(32)14-9-21-7-12-24(13-8-21)36(34,35)29-16-2-3-17-29/h5-8,10-13,20,31H,2-4,9,14-19H2,1H3,(H,28,33)/t20-/m0/s1. The quantitative estimate of drug-likeness (QED) is 0.406. The average molecular weight is 536 g/mol. The summed E-state index contributed by atoms with van der Waals surface area (Å²) in [4.78, 5) is 27.7. The number of aryl methyl sites for hydroxylation is 1. The van der Waals surface area contributed by atoms with Crippen LogP contribution >= 0.6 is 11.6 Å². The van der Waals surface area contributed by atoms with Gasteiger partial charge in [0, 0.05) is 44.2 Å². The lowest BCUT2D eigenvalue weighted by Gasteiger charge is -2.29. The first-order chi connectivity index (χ1) is 17.2. The van der Waals surface area contributed by atoms with Crippen molar-refractivity contribution >= 4 is 33.4 Å². The Morgan fingerprint density at radius 1 is 1.06 bits per heavy atom. The molecule has 0 aromatic heterocycles. The minimum absolute atomic E-state index is 0.0276. The van der Waals surface area contributed by atoms with Crippen LogP contribution in [0.15, 0.2) is 53.4 Å². The molecule has 0 saturated carbocycles. The van der Waals surface area contributed by atoms with Crippen molar-refractivity contribution in [3.8, 4) is 0 Å². The first kappa shape index (κ1) is 28.1. The van der Waals surface area contributed by atoms with E-state index in [4.69, 9.17) is 16.7 Å². The van der Waals surface area contributed by atoms with Crippen LogP contribution in [-0.4, -0.2) is 66.8 Å². The summed E-state index contributed by atoms with van der Waals surface area (Å²) >= 11 is 5.98. The molecule has 0 aliphatic carbocycles. The van der Waals surface area contributed by atoms with E-state index in [-0.39, 0.29) is 36.3 Å². The highest BCUT2D eigenvalue weighted by atomic mass is 35.5. The van der Waals surface area contributed by atoms with Crippen LogP contribution in [0.4, 0.5) is 0 Å². The van der Waals surface area contributed by atoms with Gasteiger partial charge in [0.05, 0.1) is 4.90 Å². The molecule has 1 aliphatic heterocycles. The van der Waals surface area contributed by atoms with Crippen LogP contribution in [0.3, 0.4) is 0 Å². The predicted molar refractivity (Wildman–Crippen MR) is 139 cm³/mol. The van der Waals surface area contributed by atoms with Crippen LogP contribution in [0.1, 0.15) is 43.7 Å². The summed E-state index contributed by atoms with van der Waals surface area (Å²) in [6.07, 6.45) is 2.78. The number of carbonyl (C=O) groups is 2. The third-order valence-corrected chi connectivity index (χ3v) is 8.49. The van der Waals surface area contributed by atoms with Gasteiger partial charge in [-0.15, -0.1) is 0 Å². The first-order valence-electron chi connectivity index (χ1n) is 12.2. The van der Waals surface area contributed by atoms with Gasteiger partial charge in [-0.1, -0.05) is 35.9 Å². The van der Waals surface area contributed by atoms with Crippen LogP contribution in [-0.2, 0) is 32.6 Å². The van der Waals surface area contributed by atoms with Gasteiger partial charge in [0.15, 0.2) is 0 Å². The second-order valence-electron chi connectivity index (χ2n) is 8.95. The van der Waals surface area contributed by atoms with Crippen molar-refractivity contribution in [3.05, 3.63) is 64.7 Å². The zero-order valence-corrected chi connectivity index (χ0v) is 22.1. The molecule has 1 atom stereocenters. The monoisotopic (exact) mass is 535 g/mol. The molecule has 10 heteroatoms. The van der Waals surface area contributed by atoms with Gasteiger partial charge in [0.2, 0.25) is 21.8 Å². The van der Waals surface area contributed by atoms with Gasteiger partial charge in [-0.3, -0.25) is 9.59 Å². The Kier molecular flexibility index (Phi) is 10.3. The summed E-state index contributed by atoms with van der Waals surface area (Å²) in [5.74, 6) is -0.481. The predicted octanol–water partition coefficient (Wildman–Crippen LogP) is 2.97. The number of hydrogen-bond donors (Lipinski definition) is 2. The van der Waals surface area contributed by atoms with E-state index in [0.717, 1.165) is 24.0 Å². The van der Waals surface area contributed by atoms with E-state index >= 15 is 0 Å². The number of benzene rings is 2. The molecule has 2 amide bonds. The molecule has 8 nitrogen and oxygen atoms in total. The van der Waals surface area contributed by atoms with Gasteiger partial charge in [0.1, 0.15) is 6.04 Å². The molecule has 0 spiro atoms. The minimum Gasteiger partial charge on any atom is -0.396 e. The van der Waals surface area contributed by atoms with E-state index in [1.165, 1.54) is 9.21 Å². The Bertz CT molecular complexity index is 1120. The summed E-state index contributed by atoms with van der Waals surface area (Å²) in [6.45, 7) is 3.33. The van der Waals surface area contributed by atoms with Crippen LogP contribution in [0.5, 0.6) is 0 Å². The molecule has 0 radical (unpaired) electrons. The molecule has 2 aromatic carbocycles. The maximum atomic E-state index is 13.2. The number of hydrogen-bond acceptors (Lipinski definition) is 5. The Hall–Kier alpha value is -2.46. The van der Waals surface area contributed by atoms with Crippen molar-refractivity contribution in [3.63, 3.8) is 0 Å². The van der Waals surface area contributed by atoms with Gasteiger partial charge in [-0.25, -0.2) is 8.42 Å². The van der Waals surface area contributed by atoms with E-state index < -0.39 is 16.1 Å². The lowest BCUT2D eigenvalue weighted by molar-refractivity contribution is -0.140. The topological polar surface area (TPSA) is 107 Å². The van der Waals surface area contributed by atoms with Crippen molar-refractivity contribution in [2.24, 2.45) is 0 Å². The Balaban J connectivity index is 1.67. The van der Waals surface area contributed by atoms with E-state index in [1.807, 2.05) is 12.1 Å². The van der Waals surface area contributed by atoms with Gasteiger partial charge in [-0.05, 0) is 68.0 Å². The molecule has 36 heavy (non-hydrogen) atoms. The molecular formula is C26H34ClN3O5S. The number of carbonyl (C=O) groups excluding carboxylic acids is 2. The second-order valence-corrected chi connectivity index (χ2v) is 11.3. The second kappa shape index (κ2) is 13.2. The van der Waals surface area contributed by atoms with Crippen LogP contribution < -0.4 is 5.32 Å². The molecule has 0 unspecified atom stereocenters. The lowest BCUT2D eigenvalue weighted by atomic mass is 10.1. The van der Waals surface area contributed by atoms with Crippen molar-refractivity contribution in [2.45, 2.75) is 56.5 Å². The summed E-state index contributed by atoms with van der Waals surface area (Å²) in [5, 5.41) is 12.3. The van der Waals surface area contributed by atoms with Gasteiger partial charge in [0.25, 0.3) is 0 Å². The average Bonchev–Trinajstić information content (AvgIpc) is 3.43. The van der Waals surface area contributed by atoms with Gasteiger partial charge >= 0.3 is 0 Å². The Labute approximate surface area is 218 Å². The molecule has 1 saturated heterocycles. The molecule has 1 aliphatic rings. The summed E-state index contributed by atoms with van der Waals surface area (Å²) in [6, 6.07) is 13.1. The highest BCUT2D eigenvalue weighted by molar-refractivity contribution is 7.89. The van der Waals surface area contributed by atoms with E-state index in [2.05, 4.69) is 5.32 Å². The van der Waals surface area contributed by atoms with Crippen LogP contribution in [0, 0.1) is 0 Å². The molecule has 1 heterocycles. The molecule has 1 fully saturated rings. The van der Waals surface area contributed by atoms with Crippen LogP contribution in [0.25, 0.3) is 0 Å². The minimum atomic E-state index is -3.48. The third kappa shape index (κ3) is 7.52. The smallest absolute Gasteiger partial charge is 0.243 e. The zero-order chi connectivity index (χ0) is 26.1. The molecule has 3 rings (SSSR count). The van der Waals surface area contributed by atoms with Gasteiger partial charge < -0.3 is 15.3 Å². The number of halogens is 1. The molecular weight excluding hydrogens is 502 g/mol. The molecule has 2 N–H and O–H groups in total. The van der Waals surface area contributed by atoms with E-state index in [0.29, 0.717) is 37.5 Å². The lowest BCUT2D eigenvalue weighted by Crippen LogP contribution is -2.48. The summed E-state index contributed by atoms with van der Waals surface area (Å²) in [5.41, 5.74) is 1.69.